The molecule has 0 aromatic heterocycles. The molecule has 0 bridgehead atoms. The van der Waals surface area contributed by atoms with E-state index in [-0.39, 0.29) is 6.10 Å². The first-order chi connectivity index (χ1) is 10.0. The van der Waals surface area contributed by atoms with E-state index in [9.17, 15) is 0 Å². The third-order valence-electron chi connectivity index (χ3n) is 2.86. The number of anilines is 3. The van der Waals surface area contributed by atoms with Crippen molar-refractivity contribution in [1.29, 1.82) is 0 Å². The van der Waals surface area contributed by atoms with Crippen LogP contribution in [0.4, 0.5) is 17.1 Å². The molecule has 0 atom stereocenters. The molecule has 0 unspecified atom stereocenters. The van der Waals surface area contributed by atoms with Gasteiger partial charge in [0.2, 0.25) is 0 Å². The number of ether oxygens (including phenoxy) is 2. The molecule has 5 heteroatoms. The maximum Gasteiger partial charge on any atom is 0.144 e. The molecule has 2 aromatic rings. The van der Waals surface area contributed by atoms with Crippen LogP contribution in [0.2, 0.25) is 0 Å². The molecule has 3 N–H and O–H groups in total. The number of nitrogens with two attached hydrogens (primary N) is 1. The van der Waals surface area contributed by atoms with E-state index in [4.69, 9.17) is 15.2 Å². The molecule has 0 heterocycles. The highest BCUT2D eigenvalue weighted by Gasteiger charge is 2.09. The number of nitrogens with one attached hydrogen (secondary N) is 1. The van der Waals surface area contributed by atoms with Crippen molar-refractivity contribution in [2.24, 2.45) is 0 Å². The summed E-state index contributed by atoms with van der Waals surface area (Å²) in [7, 11) is 1.64. The molecule has 0 aliphatic heterocycles. The van der Waals surface area contributed by atoms with Gasteiger partial charge in [-0.05, 0) is 60.1 Å². The van der Waals surface area contributed by atoms with Crippen LogP contribution in [-0.2, 0) is 0 Å². The standard InChI is InChI=1S/C16H19BrN2O2/c1-10(2)21-15-6-4-5-13(16(15)18)19-11-7-8-14(20-3)12(17)9-11/h4-10,19H,18H2,1-3H3. The zero-order valence-electron chi connectivity index (χ0n) is 12.3. The number of hydrogen-bond donors (Lipinski definition) is 2. The number of nitrogen functional groups attached to an aromatic ring is 1. The molecule has 0 radical (unpaired) electrons. The maximum absolute atomic E-state index is 6.15. The van der Waals surface area contributed by atoms with Crippen molar-refractivity contribution in [3.63, 3.8) is 0 Å². The molecule has 0 aliphatic rings. The van der Waals surface area contributed by atoms with E-state index in [1.165, 1.54) is 0 Å². The monoisotopic (exact) mass is 350 g/mol. The molecular weight excluding hydrogens is 332 g/mol. The molecule has 0 spiro atoms. The minimum atomic E-state index is 0.0812. The molecule has 2 rings (SSSR count). The Hall–Kier alpha value is -1.88. The van der Waals surface area contributed by atoms with E-state index in [0.29, 0.717) is 11.4 Å². The maximum atomic E-state index is 6.15. The van der Waals surface area contributed by atoms with Gasteiger partial charge in [-0.15, -0.1) is 0 Å². The van der Waals surface area contributed by atoms with E-state index >= 15 is 0 Å². The summed E-state index contributed by atoms with van der Waals surface area (Å²) < 4.78 is 11.8. The van der Waals surface area contributed by atoms with Crippen LogP contribution in [-0.4, -0.2) is 13.2 Å². The van der Waals surface area contributed by atoms with Gasteiger partial charge in [-0.25, -0.2) is 0 Å². The first-order valence-electron chi connectivity index (χ1n) is 6.67. The Morgan fingerprint density at radius 1 is 1.14 bits per heavy atom. The average Bonchev–Trinajstić information content (AvgIpc) is 2.43. The van der Waals surface area contributed by atoms with Crippen molar-refractivity contribution < 1.29 is 9.47 Å². The number of hydrogen-bond acceptors (Lipinski definition) is 4. The zero-order chi connectivity index (χ0) is 15.4. The number of methoxy groups -OCH3 is 1. The number of para-hydroxylation sites is 1. The molecule has 0 amide bonds. The molecule has 0 saturated heterocycles. The molecule has 2 aromatic carbocycles. The lowest BCUT2D eigenvalue weighted by atomic mass is 10.2. The Balaban J connectivity index is 2.25. The van der Waals surface area contributed by atoms with E-state index in [1.807, 2.05) is 50.2 Å². The van der Waals surface area contributed by atoms with Gasteiger partial charge in [0.05, 0.1) is 29.1 Å². The van der Waals surface area contributed by atoms with Crippen LogP contribution in [0.25, 0.3) is 0 Å². The zero-order valence-corrected chi connectivity index (χ0v) is 13.9. The highest BCUT2D eigenvalue weighted by atomic mass is 79.9. The summed E-state index contributed by atoms with van der Waals surface area (Å²) in [6.45, 7) is 3.94. The number of benzene rings is 2. The quantitative estimate of drug-likeness (QED) is 0.775. The Kier molecular flexibility index (Phi) is 4.96. The fourth-order valence-electron chi connectivity index (χ4n) is 1.91. The average molecular weight is 351 g/mol. The predicted octanol–water partition coefficient (Wildman–Crippen LogP) is 4.57. The fourth-order valence-corrected chi connectivity index (χ4v) is 2.45. The third kappa shape index (κ3) is 3.82. The lowest BCUT2D eigenvalue weighted by molar-refractivity contribution is 0.244. The van der Waals surface area contributed by atoms with Gasteiger partial charge < -0.3 is 20.5 Å². The first-order valence-corrected chi connectivity index (χ1v) is 7.46. The van der Waals surface area contributed by atoms with Crippen molar-refractivity contribution in [3.8, 4) is 11.5 Å². The van der Waals surface area contributed by atoms with Gasteiger partial charge in [-0.2, -0.15) is 0 Å². The van der Waals surface area contributed by atoms with Gasteiger partial charge in [-0.1, -0.05) is 6.07 Å². The Morgan fingerprint density at radius 2 is 1.90 bits per heavy atom. The van der Waals surface area contributed by atoms with Crippen LogP contribution >= 0.6 is 15.9 Å². The summed E-state index contributed by atoms with van der Waals surface area (Å²) >= 11 is 3.47. The second-order valence-electron chi connectivity index (χ2n) is 4.86. The van der Waals surface area contributed by atoms with Crippen LogP contribution in [0, 0.1) is 0 Å². The van der Waals surface area contributed by atoms with E-state index in [0.717, 1.165) is 21.6 Å². The minimum absolute atomic E-state index is 0.0812. The lowest BCUT2D eigenvalue weighted by Gasteiger charge is -2.16. The van der Waals surface area contributed by atoms with Gasteiger partial charge in [0.1, 0.15) is 11.5 Å². The number of halogens is 1. The molecule has 0 aliphatic carbocycles. The highest BCUT2D eigenvalue weighted by Crippen LogP contribution is 2.34. The van der Waals surface area contributed by atoms with Crippen molar-refractivity contribution in [2.75, 3.05) is 18.2 Å². The SMILES string of the molecule is COc1ccc(Nc2cccc(OC(C)C)c2N)cc1Br. The van der Waals surface area contributed by atoms with E-state index in [1.54, 1.807) is 7.11 Å². The second-order valence-corrected chi connectivity index (χ2v) is 5.71. The summed E-state index contributed by atoms with van der Waals surface area (Å²) in [5.41, 5.74) is 8.47. The van der Waals surface area contributed by atoms with Gasteiger partial charge in [0, 0.05) is 5.69 Å². The van der Waals surface area contributed by atoms with Crippen LogP contribution in [0.5, 0.6) is 11.5 Å². The van der Waals surface area contributed by atoms with Crippen molar-refractivity contribution in [3.05, 3.63) is 40.9 Å². The molecule has 4 nitrogen and oxygen atoms in total. The van der Waals surface area contributed by atoms with Gasteiger partial charge in [0.15, 0.2) is 0 Å². The largest absolute Gasteiger partial charge is 0.496 e. The molecule has 21 heavy (non-hydrogen) atoms. The summed E-state index contributed by atoms with van der Waals surface area (Å²) in [5, 5.41) is 3.29. The van der Waals surface area contributed by atoms with Gasteiger partial charge >= 0.3 is 0 Å². The highest BCUT2D eigenvalue weighted by molar-refractivity contribution is 9.10. The smallest absolute Gasteiger partial charge is 0.144 e. The summed E-state index contributed by atoms with van der Waals surface area (Å²) in [6.07, 6.45) is 0.0812. The van der Waals surface area contributed by atoms with Crippen molar-refractivity contribution in [1.82, 2.24) is 0 Å². The van der Waals surface area contributed by atoms with Crippen LogP contribution in [0.3, 0.4) is 0 Å². The lowest BCUT2D eigenvalue weighted by Crippen LogP contribution is -2.08. The minimum Gasteiger partial charge on any atom is -0.496 e. The molecular formula is C16H19BrN2O2. The predicted molar refractivity (Wildman–Crippen MR) is 90.6 cm³/mol. The second kappa shape index (κ2) is 6.72. The molecule has 0 fully saturated rings. The molecule has 112 valence electrons. The van der Waals surface area contributed by atoms with Crippen LogP contribution in [0.1, 0.15) is 13.8 Å². The summed E-state index contributed by atoms with van der Waals surface area (Å²) in [6, 6.07) is 11.4. The van der Waals surface area contributed by atoms with Crippen molar-refractivity contribution >= 4 is 33.0 Å². The van der Waals surface area contributed by atoms with Gasteiger partial charge in [0.25, 0.3) is 0 Å². The topological polar surface area (TPSA) is 56.5 Å². The Labute approximate surface area is 133 Å². The first kappa shape index (κ1) is 15.5. The van der Waals surface area contributed by atoms with Crippen LogP contribution in [0.15, 0.2) is 40.9 Å². The Bertz CT molecular complexity index is 630. The Morgan fingerprint density at radius 3 is 2.52 bits per heavy atom. The van der Waals surface area contributed by atoms with Crippen LogP contribution < -0.4 is 20.5 Å². The summed E-state index contributed by atoms with van der Waals surface area (Å²) in [4.78, 5) is 0. The summed E-state index contributed by atoms with van der Waals surface area (Å²) in [5.74, 6) is 1.47. The molecule has 0 saturated carbocycles. The van der Waals surface area contributed by atoms with Crippen molar-refractivity contribution in [2.45, 2.75) is 20.0 Å². The third-order valence-corrected chi connectivity index (χ3v) is 3.48. The normalized spacial score (nSPS) is 10.5. The fraction of sp³-hybridized carbons (Fsp3) is 0.250. The number of rotatable bonds is 5. The van der Waals surface area contributed by atoms with E-state index in [2.05, 4.69) is 21.2 Å². The van der Waals surface area contributed by atoms with Gasteiger partial charge in [-0.3, -0.25) is 0 Å². The van der Waals surface area contributed by atoms with E-state index < -0.39 is 0 Å².